The summed E-state index contributed by atoms with van der Waals surface area (Å²) in [6, 6.07) is 8.79. The zero-order valence-electron chi connectivity index (χ0n) is 19.6. The molecule has 31 heavy (non-hydrogen) atoms. The Bertz CT molecular complexity index is 876. The number of likely N-dealkylation sites (N-methyl/N-ethyl adjacent to an activating group) is 2. The fraction of sp³-hybridized carbons (Fsp3) is 0.417. The maximum absolute atomic E-state index is 5.11. The monoisotopic (exact) mass is 504 g/mol. The molecule has 1 aliphatic rings. The average molecular weight is 506 g/mol. The molecule has 1 saturated heterocycles. The molecule has 0 unspecified atom stereocenters. The topological polar surface area (TPSA) is 31.2 Å². The van der Waals surface area contributed by atoms with Crippen LogP contribution in [0.4, 0.5) is 11.4 Å². The first-order valence-corrected chi connectivity index (χ1v) is 12.9. The van der Waals surface area contributed by atoms with Crippen LogP contribution in [0.1, 0.15) is 33.4 Å². The number of benzene rings is 2. The van der Waals surface area contributed by atoms with Gasteiger partial charge in [-0.1, -0.05) is 35.4 Å². The number of halogens is 2. The summed E-state index contributed by atoms with van der Waals surface area (Å²) in [4.78, 5) is 14.7. The van der Waals surface area contributed by atoms with Crippen LogP contribution in [0.5, 0.6) is 0 Å². The third kappa shape index (κ3) is 6.48. The van der Waals surface area contributed by atoms with Crippen molar-refractivity contribution in [1.29, 1.82) is 0 Å². The van der Waals surface area contributed by atoms with Crippen LogP contribution >= 0.6 is 20.4 Å². The first kappa shape index (κ1) is 25.7. The van der Waals surface area contributed by atoms with Gasteiger partial charge >= 0.3 is 33.0 Å². The summed E-state index contributed by atoms with van der Waals surface area (Å²) in [6.45, 7) is 14.7. The van der Waals surface area contributed by atoms with E-state index in [4.69, 9.17) is 30.4 Å². The van der Waals surface area contributed by atoms with Gasteiger partial charge in [0.15, 0.2) is 11.7 Å². The molecule has 4 nitrogen and oxygen atoms in total. The van der Waals surface area contributed by atoms with Crippen LogP contribution in [0.2, 0.25) is 0 Å². The third-order valence-corrected chi connectivity index (χ3v) is 5.40. The summed E-state index contributed by atoms with van der Waals surface area (Å²) in [7, 11) is 13.6. The molecule has 0 atom stereocenters. The van der Waals surface area contributed by atoms with Crippen LogP contribution in [0.3, 0.4) is 0 Å². The summed E-state index contributed by atoms with van der Waals surface area (Å²) >= 11 is 0.569. The predicted molar refractivity (Wildman–Crippen MR) is 132 cm³/mol. The quantitative estimate of drug-likeness (QED) is 0.433. The first-order chi connectivity index (χ1) is 14.6. The molecule has 2 aromatic carbocycles. The van der Waals surface area contributed by atoms with Crippen molar-refractivity contribution in [3.8, 4) is 0 Å². The van der Waals surface area contributed by atoms with Crippen molar-refractivity contribution in [2.45, 2.75) is 41.5 Å². The molecule has 0 N–H and O–H groups in total. The van der Waals surface area contributed by atoms with E-state index < -0.39 is 0 Å². The van der Waals surface area contributed by atoms with E-state index in [-0.39, 0.29) is 0 Å². The Morgan fingerprint density at radius 1 is 0.645 bits per heavy atom. The van der Waals surface area contributed by atoms with Crippen LogP contribution in [-0.2, 0) is 12.7 Å². The van der Waals surface area contributed by atoms with Gasteiger partial charge in [-0.15, -0.1) is 0 Å². The molecule has 0 spiro atoms. The van der Waals surface area contributed by atoms with Crippen molar-refractivity contribution in [2.24, 2.45) is 9.98 Å². The second-order valence-corrected chi connectivity index (χ2v) is 9.88. The van der Waals surface area contributed by atoms with Crippen LogP contribution < -0.4 is 0 Å². The maximum atomic E-state index is 5.11. The standard InChI is InChI=1S/C24H32N4.2ClH.Ni/c1-15-11-17(3)21(18(4)12-15)25-23-24(28(8)10-9-27(23)7)26-22-19(5)13-16(2)14-20(22)6;;;/h11-14H,9-10H2,1-8H3;2*1H;/q;;;+2/p-2. The molecule has 0 radical (unpaired) electrons. The Morgan fingerprint density at radius 3 is 1.16 bits per heavy atom. The Kier molecular flexibility index (Phi) is 9.42. The number of hydrogen-bond acceptors (Lipinski definition) is 2. The molecule has 1 aliphatic heterocycles. The Labute approximate surface area is 201 Å². The van der Waals surface area contributed by atoms with Crippen LogP contribution in [0.15, 0.2) is 34.3 Å². The number of aryl methyl sites for hydroxylation is 6. The molecule has 0 aromatic heterocycles. The molecular weight excluding hydrogens is 474 g/mol. The normalized spacial score (nSPS) is 16.7. The van der Waals surface area contributed by atoms with Crippen molar-refractivity contribution >= 4 is 43.4 Å². The van der Waals surface area contributed by atoms with Gasteiger partial charge in [-0.3, -0.25) is 0 Å². The summed E-state index contributed by atoms with van der Waals surface area (Å²) < 4.78 is 0. The summed E-state index contributed by atoms with van der Waals surface area (Å²) in [5, 5.41) is 0. The van der Waals surface area contributed by atoms with E-state index in [1.165, 1.54) is 33.4 Å². The molecule has 2 aromatic rings. The molecule has 0 aliphatic carbocycles. The first-order valence-electron chi connectivity index (χ1n) is 10.2. The summed E-state index contributed by atoms with van der Waals surface area (Å²) in [5.74, 6) is 1.87. The van der Waals surface area contributed by atoms with Gasteiger partial charge in [0, 0.05) is 27.2 Å². The van der Waals surface area contributed by atoms with E-state index in [9.17, 15) is 0 Å². The minimum atomic E-state index is 0.569. The fourth-order valence-electron chi connectivity index (χ4n) is 4.03. The molecule has 3 rings (SSSR count). The molecule has 7 heteroatoms. The molecule has 1 heterocycles. The number of nitrogens with zero attached hydrogens (tertiary/aromatic N) is 4. The van der Waals surface area contributed by atoms with Gasteiger partial charge in [0.05, 0.1) is 11.4 Å². The van der Waals surface area contributed by atoms with Crippen molar-refractivity contribution in [3.05, 3.63) is 57.6 Å². The van der Waals surface area contributed by atoms with Gasteiger partial charge in [0.1, 0.15) is 0 Å². The van der Waals surface area contributed by atoms with E-state index in [1.54, 1.807) is 0 Å². The van der Waals surface area contributed by atoms with Gasteiger partial charge in [0.2, 0.25) is 0 Å². The van der Waals surface area contributed by atoms with Gasteiger partial charge in [-0.2, -0.15) is 0 Å². The van der Waals surface area contributed by atoms with Crippen molar-refractivity contribution in [3.63, 3.8) is 0 Å². The number of piperazine rings is 1. The number of aliphatic imine (C=N–C) groups is 2. The Hall–Kier alpha value is -1.55. The summed E-state index contributed by atoms with van der Waals surface area (Å²) in [5.41, 5.74) is 9.45. The summed E-state index contributed by atoms with van der Waals surface area (Å²) in [6.07, 6.45) is 0. The molecule has 0 bridgehead atoms. The molecule has 0 amide bonds. The molecule has 172 valence electrons. The molecule has 1 fully saturated rings. The number of hydrogen-bond donors (Lipinski definition) is 0. The average Bonchev–Trinajstić information content (AvgIpc) is 2.65. The predicted octanol–water partition coefficient (Wildman–Crippen LogP) is 6.55. The van der Waals surface area contributed by atoms with E-state index in [2.05, 4.69) is 89.7 Å². The van der Waals surface area contributed by atoms with Gasteiger partial charge in [0.25, 0.3) is 0 Å². The van der Waals surface area contributed by atoms with Crippen molar-refractivity contribution in [1.82, 2.24) is 9.80 Å². The van der Waals surface area contributed by atoms with Gasteiger partial charge in [-0.05, 0) is 63.8 Å². The van der Waals surface area contributed by atoms with Gasteiger partial charge < -0.3 is 9.80 Å². The van der Waals surface area contributed by atoms with Gasteiger partial charge in [-0.25, -0.2) is 9.98 Å². The Morgan fingerprint density at radius 2 is 0.903 bits per heavy atom. The van der Waals surface area contributed by atoms with E-state index >= 15 is 0 Å². The van der Waals surface area contributed by atoms with Crippen LogP contribution in [-0.4, -0.2) is 48.7 Å². The van der Waals surface area contributed by atoms with E-state index in [1.807, 2.05) is 0 Å². The van der Waals surface area contributed by atoms with E-state index in [0.717, 1.165) is 36.1 Å². The Balaban J connectivity index is 0.00000107. The second-order valence-electron chi connectivity index (χ2n) is 8.25. The van der Waals surface area contributed by atoms with Crippen LogP contribution in [0, 0.1) is 41.5 Å². The van der Waals surface area contributed by atoms with Crippen molar-refractivity contribution < 1.29 is 12.7 Å². The zero-order chi connectivity index (χ0) is 23.3. The second kappa shape index (κ2) is 11.4. The van der Waals surface area contributed by atoms with Crippen molar-refractivity contribution in [2.75, 3.05) is 27.2 Å². The van der Waals surface area contributed by atoms with E-state index in [0.29, 0.717) is 12.7 Å². The fourth-order valence-corrected chi connectivity index (χ4v) is 4.03. The number of amidine groups is 2. The minimum absolute atomic E-state index is 0.569. The SMILES string of the molecule is Cc1cc(C)c(N=C2C(=Nc3c(C)cc(C)cc3C)N(C)CCN2C)c(C)c1.[Cl][Ni][Cl]. The van der Waals surface area contributed by atoms with Crippen LogP contribution in [0.25, 0.3) is 0 Å². The zero-order valence-corrected chi connectivity index (χ0v) is 22.1. The molecule has 0 saturated carbocycles. The molecular formula is C24H32Cl2N4Ni. The third-order valence-electron chi connectivity index (χ3n) is 5.40. The number of rotatable bonds is 2.